The van der Waals surface area contributed by atoms with Gasteiger partial charge in [0.05, 0.1) is 6.42 Å². The van der Waals surface area contributed by atoms with Crippen LogP contribution in [0.1, 0.15) is 17.5 Å². The highest BCUT2D eigenvalue weighted by Gasteiger charge is 2.14. The number of aliphatic carboxylic acids is 1. The first-order valence-electron chi connectivity index (χ1n) is 6.83. The zero-order valence-electron chi connectivity index (χ0n) is 11.9. The summed E-state index contributed by atoms with van der Waals surface area (Å²) in [6.07, 6.45) is 1.21. The Kier molecular flexibility index (Phi) is 5.49. The van der Waals surface area contributed by atoms with Crippen molar-refractivity contribution in [2.45, 2.75) is 13.0 Å². The highest BCUT2D eigenvalue weighted by molar-refractivity contribution is 5.97. The molecule has 4 nitrogen and oxygen atoms in total. The largest absolute Gasteiger partial charge is 0.478 e. The molecule has 112 valence electrons. The molecular formula is C18H16O4. The minimum Gasteiger partial charge on any atom is -0.478 e. The molecule has 4 heteroatoms. The smallest absolute Gasteiger partial charge is 0.332 e. The van der Waals surface area contributed by atoms with Crippen molar-refractivity contribution in [3.8, 4) is 0 Å². The van der Waals surface area contributed by atoms with Crippen molar-refractivity contribution in [2.75, 3.05) is 0 Å². The number of carboxylic acid groups (broad SMARTS) is 1. The molecule has 0 spiro atoms. The van der Waals surface area contributed by atoms with E-state index in [1.807, 2.05) is 36.4 Å². The molecule has 0 unspecified atom stereocenters. The molecule has 2 rings (SSSR count). The fourth-order valence-corrected chi connectivity index (χ4v) is 1.88. The number of carboxylic acids is 1. The maximum Gasteiger partial charge on any atom is 0.332 e. The van der Waals surface area contributed by atoms with E-state index < -0.39 is 11.9 Å². The average Bonchev–Trinajstić information content (AvgIpc) is 2.54. The van der Waals surface area contributed by atoms with E-state index in [0.29, 0.717) is 0 Å². The summed E-state index contributed by atoms with van der Waals surface area (Å²) in [5, 5.41) is 9.19. The van der Waals surface area contributed by atoms with E-state index in [9.17, 15) is 14.7 Å². The molecular weight excluding hydrogens is 280 g/mol. The molecule has 0 fully saturated rings. The van der Waals surface area contributed by atoms with E-state index in [4.69, 9.17) is 4.74 Å². The maximum absolute atomic E-state index is 11.8. The van der Waals surface area contributed by atoms with E-state index >= 15 is 0 Å². The van der Waals surface area contributed by atoms with Crippen molar-refractivity contribution in [1.82, 2.24) is 0 Å². The summed E-state index contributed by atoms with van der Waals surface area (Å²) >= 11 is 0. The molecule has 2 aromatic carbocycles. The second kappa shape index (κ2) is 7.78. The van der Waals surface area contributed by atoms with Crippen LogP contribution in [0.3, 0.4) is 0 Å². The number of hydrogen-bond acceptors (Lipinski definition) is 3. The van der Waals surface area contributed by atoms with Crippen LogP contribution in [0.4, 0.5) is 0 Å². The van der Waals surface area contributed by atoms with Gasteiger partial charge in [-0.2, -0.15) is 0 Å². The van der Waals surface area contributed by atoms with Crippen molar-refractivity contribution in [3.63, 3.8) is 0 Å². The Balaban J connectivity index is 1.98. The van der Waals surface area contributed by atoms with Crippen LogP contribution >= 0.6 is 0 Å². The summed E-state index contributed by atoms with van der Waals surface area (Å²) in [5.74, 6) is -1.69. The molecule has 0 bridgehead atoms. The fraction of sp³-hybridized carbons (Fsp3) is 0.111. The van der Waals surface area contributed by atoms with Crippen molar-refractivity contribution in [2.24, 2.45) is 0 Å². The van der Waals surface area contributed by atoms with Gasteiger partial charge in [-0.05, 0) is 17.2 Å². The maximum atomic E-state index is 11.8. The second-order valence-electron chi connectivity index (χ2n) is 4.71. The lowest BCUT2D eigenvalue weighted by molar-refractivity contribution is -0.145. The monoisotopic (exact) mass is 296 g/mol. The summed E-state index contributed by atoms with van der Waals surface area (Å²) in [6, 6.07) is 18.2. The first-order chi connectivity index (χ1) is 10.6. The molecule has 0 aliphatic carbocycles. The van der Waals surface area contributed by atoms with Gasteiger partial charge in [0.1, 0.15) is 6.61 Å². The van der Waals surface area contributed by atoms with Crippen LogP contribution in [-0.2, 0) is 20.9 Å². The van der Waals surface area contributed by atoms with Crippen LogP contribution in [-0.4, -0.2) is 17.0 Å². The summed E-state index contributed by atoms with van der Waals surface area (Å²) < 4.78 is 5.10. The molecule has 0 aliphatic heterocycles. The lowest BCUT2D eigenvalue weighted by Crippen LogP contribution is -2.10. The Morgan fingerprint density at radius 3 is 2.14 bits per heavy atom. The van der Waals surface area contributed by atoms with Crippen LogP contribution in [0.5, 0.6) is 0 Å². The van der Waals surface area contributed by atoms with E-state index in [2.05, 4.69) is 0 Å². The van der Waals surface area contributed by atoms with Crippen molar-refractivity contribution < 1.29 is 19.4 Å². The lowest BCUT2D eigenvalue weighted by Gasteiger charge is -2.06. The van der Waals surface area contributed by atoms with Gasteiger partial charge in [0.2, 0.25) is 0 Å². The predicted octanol–water partition coefficient (Wildman–Crippen LogP) is 3.29. The quantitative estimate of drug-likeness (QED) is 0.656. The molecule has 0 saturated heterocycles. The Bertz CT molecular complexity index is 660. The Labute approximate surface area is 128 Å². The lowest BCUT2D eigenvalue weighted by atomic mass is 10.1. The fourth-order valence-electron chi connectivity index (χ4n) is 1.88. The topological polar surface area (TPSA) is 63.6 Å². The zero-order chi connectivity index (χ0) is 15.8. The Hall–Kier alpha value is -2.88. The van der Waals surface area contributed by atoms with Crippen LogP contribution in [0.25, 0.3) is 6.08 Å². The highest BCUT2D eigenvalue weighted by atomic mass is 16.5. The van der Waals surface area contributed by atoms with E-state index in [0.717, 1.165) is 11.1 Å². The number of carbonyl (C=O) groups is 2. The van der Waals surface area contributed by atoms with Gasteiger partial charge < -0.3 is 9.84 Å². The summed E-state index contributed by atoms with van der Waals surface area (Å²) in [4.78, 5) is 23.0. The van der Waals surface area contributed by atoms with Gasteiger partial charge in [-0.1, -0.05) is 60.7 Å². The van der Waals surface area contributed by atoms with Crippen molar-refractivity contribution >= 4 is 18.0 Å². The third kappa shape index (κ3) is 4.90. The molecule has 1 N–H and O–H groups in total. The number of rotatable bonds is 6. The zero-order valence-corrected chi connectivity index (χ0v) is 11.9. The molecule has 0 aliphatic rings. The Morgan fingerprint density at radius 2 is 1.55 bits per heavy atom. The molecule has 0 heterocycles. The molecule has 2 aromatic rings. The van der Waals surface area contributed by atoms with Gasteiger partial charge in [-0.3, -0.25) is 4.79 Å². The minimum atomic E-state index is -1.12. The number of benzene rings is 2. The van der Waals surface area contributed by atoms with Gasteiger partial charge in [-0.15, -0.1) is 0 Å². The molecule has 0 amide bonds. The first-order valence-corrected chi connectivity index (χ1v) is 6.83. The minimum absolute atomic E-state index is 0.00395. The van der Waals surface area contributed by atoms with Gasteiger partial charge in [-0.25, -0.2) is 4.79 Å². The van der Waals surface area contributed by atoms with E-state index in [1.54, 1.807) is 24.3 Å². The average molecular weight is 296 g/mol. The molecule has 0 atom stereocenters. The van der Waals surface area contributed by atoms with Gasteiger partial charge in [0.15, 0.2) is 0 Å². The SMILES string of the molecule is O=C(CC(=Cc1ccccc1)C(=O)O)OCc1ccccc1. The molecule has 0 aromatic heterocycles. The Morgan fingerprint density at radius 1 is 0.955 bits per heavy atom. The standard InChI is InChI=1S/C18H16O4/c19-17(22-13-15-9-5-2-6-10-15)12-16(18(20)21)11-14-7-3-1-4-8-14/h1-11H,12-13H2,(H,20,21). The number of esters is 1. The van der Waals surface area contributed by atoms with Crippen LogP contribution in [0.15, 0.2) is 66.2 Å². The van der Waals surface area contributed by atoms with Crippen LogP contribution in [0, 0.1) is 0 Å². The van der Waals surface area contributed by atoms with Crippen molar-refractivity contribution in [3.05, 3.63) is 77.4 Å². The third-order valence-corrected chi connectivity index (χ3v) is 2.99. The molecule has 0 radical (unpaired) electrons. The van der Waals surface area contributed by atoms with E-state index in [-0.39, 0.29) is 18.6 Å². The van der Waals surface area contributed by atoms with Crippen molar-refractivity contribution in [1.29, 1.82) is 0 Å². The molecule has 0 saturated carbocycles. The van der Waals surface area contributed by atoms with Crippen LogP contribution in [0.2, 0.25) is 0 Å². The van der Waals surface area contributed by atoms with Gasteiger partial charge in [0, 0.05) is 5.57 Å². The second-order valence-corrected chi connectivity index (χ2v) is 4.71. The summed E-state index contributed by atoms with van der Waals surface area (Å²) in [7, 11) is 0. The van der Waals surface area contributed by atoms with Gasteiger partial charge >= 0.3 is 11.9 Å². The normalized spacial score (nSPS) is 11.0. The molecule has 22 heavy (non-hydrogen) atoms. The number of ether oxygens (including phenoxy) is 1. The highest BCUT2D eigenvalue weighted by Crippen LogP contribution is 2.12. The third-order valence-electron chi connectivity index (χ3n) is 2.99. The summed E-state index contributed by atoms with van der Waals surface area (Å²) in [6.45, 7) is 0.137. The van der Waals surface area contributed by atoms with E-state index in [1.165, 1.54) is 6.08 Å². The van der Waals surface area contributed by atoms with Gasteiger partial charge in [0.25, 0.3) is 0 Å². The first kappa shape index (κ1) is 15.5. The summed E-state index contributed by atoms with van der Waals surface area (Å²) in [5.41, 5.74) is 1.60. The predicted molar refractivity (Wildman–Crippen MR) is 82.9 cm³/mol. The number of hydrogen-bond donors (Lipinski definition) is 1. The number of carbonyl (C=O) groups excluding carboxylic acids is 1. The van der Waals surface area contributed by atoms with Crippen LogP contribution < -0.4 is 0 Å².